The molecule has 0 aliphatic carbocycles. The molecule has 2 aromatic rings. The van der Waals surface area contributed by atoms with E-state index >= 15 is 0 Å². The highest BCUT2D eigenvalue weighted by Crippen LogP contribution is 2.21. The van der Waals surface area contributed by atoms with Crippen LogP contribution in [0.5, 0.6) is 11.5 Å². The minimum Gasteiger partial charge on any atom is -0.490 e. The summed E-state index contributed by atoms with van der Waals surface area (Å²) in [5.74, 6) is -0.0795. The lowest BCUT2D eigenvalue weighted by molar-refractivity contribution is -0.141. The summed E-state index contributed by atoms with van der Waals surface area (Å²) in [4.78, 5) is 24.5. The Labute approximate surface area is 164 Å². The van der Waals surface area contributed by atoms with Gasteiger partial charge in [0.05, 0.1) is 5.92 Å². The van der Waals surface area contributed by atoms with Gasteiger partial charge >= 0.3 is 5.97 Å². The molecule has 0 aromatic heterocycles. The third kappa shape index (κ3) is 5.25. The number of carboxylic acids is 1. The van der Waals surface area contributed by atoms with Crippen LogP contribution in [0.4, 0.5) is 0 Å². The van der Waals surface area contributed by atoms with Crippen LogP contribution in [0.25, 0.3) is 0 Å². The van der Waals surface area contributed by atoms with E-state index in [-0.39, 0.29) is 18.9 Å². The zero-order valence-electron chi connectivity index (χ0n) is 16.0. The molecule has 0 spiro atoms. The van der Waals surface area contributed by atoms with Crippen molar-refractivity contribution in [2.45, 2.75) is 26.3 Å². The number of carbonyl (C=O) groups is 2. The number of carboxylic acid groups (broad SMARTS) is 1. The van der Waals surface area contributed by atoms with E-state index in [1.165, 1.54) is 5.56 Å². The Bertz CT molecular complexity index is 801. The first-order valence-corrected chi connectivity index (χ1v) is 9.49. The van der Waals surface area contributed by atoms with Gasteiger partial charge in [-0.1, -0.05) is 31.2 Å². The summed E-state index contributed by atoms with van der Waals surface area (Å²) in [6.07, 6.45) is 1.09. The topological polar surface area (TPSA) is 76.1 Å². The van der Waals surface area contributed by atoms with E-state index in [9.17, 15) is 9.59 Å². The molecule has 28 heavy (non-hydrogen) atoms. The predicted molar refractivity (Wildman–Crippen MR) is 104 cm³/mol. The van der Waals surface area contributed by atoms with Crippen molar-refractivity contribution in [3.05, 3.63) is 59.7 Å². The van der Waals surface area contributed by atoms with Crippen molar-refractivity contribution >= 4 is 11.9 Å². The van der Waals surface area contributed by atoms with Crippen LogP contribution in [0.3, 0.4) is 0 Å². The lowest BCUT2D eigenvalue weighted by Gasteiger charge is -2.16. The molecule has 1 N–H and O–H groups in total. The Morgan fingerprint density at radius 3 is 2.00 bits per heavy atom. The number of aliphatic carboxylic acids is 1. The normalized spacial score (nSPS) is 16.2. The van der Waals surface area contributed by atoms with Crippen LogP contribution in [0.15, 0.2) is 48.5 Å². The van der Waals surface area contributed by atoms with Gasteiger partial charge in [-0.2, -0.15) is 0 Å². The molecule has 0 radical (unpaired) electrons. The maximum atomic E-state index is 11.9. The zero-order valence-corrected chi connectivity index (χ0v) is 16.0. The number of carbonyl (C=O) groups excluding carboxylic acids is 1. The van der Waals surface area contributed by atoms with Crippen LogP contribution < -0.4 is 9.47 Å². The van der Waals surface area contributed by atoms with Crippen molar-refractivity contribution in [2.75, 3.05) is 19.8 Å². The number of hydrogen-bond acceptors (Lipinski definition) is 4. The predicted octanol–water partition coefficient (Wildman–Crippen LogP) is 3.14. The minimum absolute atomic E-state index is 0.0811. The fourth-order valence-corrected chi connectivity index (χ4v) is 3.14. The van der Waals surface area contributed by atoms with Gasteiger partial charge < -0.3 is 19.5 Å². The maximum absolute atomic E-state index is 11.9. The van der Waals surface area contributed by atoms with E-state index in [0.29, 0.717) is 19.8 Å². The molecule has 6 nitrogen and oxygen atoms in total. The van der Waals surface area contributed by atoms with Gasteiger partial charge in [0, 0.05) is 19.5 Å². The second-order valence-corrected chi connectivity index (χ2v) is 6.85. The van der Waals surface area contributed by atoms with Crippen molar-refractivity contribution < 1.29 is 24.2 Å². The Kier molecular flexibility index (Phi) is 6.53. The Hall–Kier alpha value is -3.02. The first kappa shape index (κ1) is 19.7. The first-order valence-electron chi connectivity index (χ1n) is 9.49. The second kappa shape index (κ2) is 9.26. The minimum atomic E-state index is -0.914. The van der Waals surface area contributed by atoms with Crippen molar-refractivity contribution in [3.63, 3.8) is 0 Å². The Morgan fingerprint density at radius 1 is 1.00 bits per heavy atom. The number of aryl methyl sites for hydroxylation is 1. The third-order valence-corrected chi connectivity index (χ3v) is 4.81. The lowest BCUT2D eigenvalue weighted by Crippen LogP contribution is -2.25. The van der Waals surface area contributed by atoms with Gasteiger partial charge in [-0.15, -0.1) is 0 Å². The summed E-state index contributed by atoms with van der Waals surface area (Å²) in [5.41, 5.74) is 2.22. The quantitative estimate of drug-likeness (QED) is 0.673. The zero-order chi connectivity index (χ0) is 19.9. The van der Waals surface area contributed by atoms with Gasteiger partial charge in [-0.25, -0.2) is 0 Å². The number of hydrogen-bond donors (Lipinski definition) is 1. The molecule has 1 atom stereocenters. The van der Waals surface area contributed by atoms with Crippen LogP contribution in [0.2, 0.25) is 0 Å². The monoisotopic (exact) mass is 383 g/mol. The summed E-state index contributed by atoms with van der Waals surface area (Å²) in [6.45, 7) is 3.68. The average Bonchev–Trinajstić information content (AvgIpc) is 3.08. The van der Waals surface area contributed by atoms with Crippen molar-refractivity contribution in [1.29, 1.82) is 0 Å². The molecule has 1 unspecified atom stereocenters. The number of rotatable bonds is 9. The van der Waals surface area contributed by atoms with Gasteiger partial charge in [-0.05, 0) is 41.8 Å². The van der Waals surface area contributed by atoms with Crippen LogP contribution in [0.1, 0.15) is 24.5 Å². The van der Waals surface area contributed by atoms with Crippen molar-refractivity contribution in [2.24, 2.45) is 5.92 Å². The summed E-state index contributed by atoms with van der Waals surface area (Å²) in [6, 6.07) is 15.5. The Balaban J connectivity index is 1.41. The number of ether oxygens (including phenoxy) is 2. The van der Waals surface area contributed by atoms with Gasteiger partial charge in [0.15, 0.2) is 0 Å². The molecule has 3 rings (SSSR count). The van der Waals surface area contributed by atoms with E-state index in [1.54, 1.807) is 4.90 Å². The van der Waals surface area contributed by atoms with E-state index < -0.39 is 11.9 Å². The lowest BCUT2D eigenvalue weighted by atomic mass is 10.1. The van der Waals surface area contributed by atoms with Gasteiger partial charge in [0.1, 0.15) is 24.7 Å². The van der Waals surface area contributed by atoms with Crippen LogP contribution in [-0.2, 0) is 22.6 Å². The standard InChI is InChI=1S/C22H25NO5/c1-2-16-3-7-19(8-4-16)27-11-12-28-20-9-5-17(6-10-20)14-23-15-18(22(25)26)13-21(23)24/h3-10,18H,2,11-15H2,1H3,(H,25,26). The van der Waals surface area contributed by atoms with E-state index in [2.05, 4.69) is 19.1 Å². The third-order valence-electron chi connectivity index (χ3n) is 4.81. The van der Waals surface area contributed by atoms with Crippen LogP contribution in [-0.4, -0.2) is 41.6 Å². The fraction of sp³-hybridized carbons (Fsp3) is 0.364. The van der Waals surface area contributed by atoms with Crippen LogP contribution in [0, 0.1) is 5.92 Å². The highest BCUT2D eigenvalue weighted by Gasteiger charge is 2.33. The Morgan fingerprint density at radius 2 is 1.54 bits per heavy atom. The maximum Gasteiger partial charge on any atom is 0.308 e. The molecule has 1 aliphatic heterocycles. The molecule has 148 valence electrons. The smallest absolute Gasteiger partial charge is 0.308 e. The molecule has 1 heterocycles. The average molecular weight is 383 g/mol. The molecule has 2 aromatic carbocycles. The highest BCUT2D eigenvalue weighted by molar-refractivity contribution is 5.86. The number of nitrogens with zero attached hydrogens (tertiary/aromatic N) is 1. The summed E-state index contributed by atoms with van der Waals surface area (Å²) in [7, 11) is 0. The molecule has 0 saturated carbocycles. The summed E-state index contributed by atoms with van der Waals surface area (Å²) in [5, 5.41) is 9.04. The SMILES string of the molecule is CCc1ccc(OCCOc2ccc(CN3CC(C(=O)O)CC3=O)cc2)cc1. The number of amides is 1. The van der Waals surface area contributed by atoms with E-state index in [0.717, 1.165) is 23.5 Å². The largest absolute Gasteiger partial charge is 0.490 e. The summed E-state index contributed by atoms with van der Waals surface area (Å²) < 4.78 is 11.3. The number of likely N-dealkylation sites (tertiary alicyclic amines) is 1. The molecular weight excluding hydrogens is 358 g/mol. The van der Waals surface area contributed by atoms with Crippen molar-refractivity contribution in [3.8, 4) is 11.5 Å². The van der Waals surface area contributed by atoms with Gasteiger partial charge in [0.25, 0.3) is 0 Å². The molecule has 1 aliphatic rings. The highest BCUT2D eigenvalue weighted by atomic mass is 16.5. The molecule has 1 fully saturated rings. The first-order chi connectivity index (χ1) is 13.5. The molecule has 6 heteroatoms. The molecular formula is C22H25NO5. The van der Waals surface area contributed by atoms with E-state index in [4.69, 9.17) is 14.6 Å². The van der Waals surface area contributed by atoms with Crippen LogP contribution >= 0.6 is 0 Å². The second-order valence-electron chi connectivity index (χ2n) is 6.85. The van der Waals surface area contributed by atoms with Gasteiger partial charge in [-0.3, -0.25) is 9.59 Å². The summed E-state index contributed by atoms with van der Waals surface area (Å²) >= 11 is 0. The molecule has 0 bridgehead atoms. The molecule has 1 saturated heterocycles. The fourth-order valence-electron chi connectivity index (χ4n) is 3.14. The number of benzene rings is 2. The van der Waals surface area contributed by atoms with Gasteiger partial charge in [0.2, 0.25) is 5.91 Å². The van der Waals surface area contributed by atoms with E-state index in [1.807, 2.05) is 36.4 Å². The molecule has 1 amide bonds. The van der Waals surface area contributed by atoms with Crippen molar-refractivity contribution in [1.82, 2.24) is 4.90 Å².